The first-order valence-corrected chi connectivity index (χ1v) is 8.79. The van der Waals surface area contributed by atoms with Gasteiger partial charge in [0.05, 0.1) is 5.71 Å². The standard InChI is InChI=1S/C23H25N3/c1-25-16-17-4-6-18(7-5-17)23(19-8-12-21(24)13-9-19)20-10-14-22(15-11-20)26(2)3/h4-15,24-25H,16H2,1-3H3. The molecule has 132 valence electrons. The van der Waals surface area contributed by atoms with Crippen molar-refractivity contribution >= 4 is 17.0 Å². The van der Waals surface area contributed by atoms with E-state index in [0.29, 0.717) is 5.71 Å². The van der Waals surface area contributed by atoms with Crippen LogP contribution in [0.15, 0.2) is 78.4 Å². The van der Waals surface area contributed by atoms with Crippen LogP contribution in [0.2, 0.25) is 0 Å². The van der Waals surface area contributed by atoms with Gasteiger partial charge in [-0.15, -0.1) is 0 Å². The number of hydrogen-bond donors (Lipinski definition) is 2. The first-order valence-electron chi connectivity index (χ1n) is 8.79. The van der Waals surface area contributed by atoms with Gasteiger partial charge in [-0.1, -0.05) is 48.6 Å². The van der Waals surface area contributed by atoms with Crippen molar-refractivity contribution < 1.29 is 0 Å². The van der Waals surface area contributed by atoms with Gasteiger partial charge in [-0.3, -0.25) is 0 Å². The van der Waals surface area contributed by atoms with Gasteiger partial charge in [0, 0.05) is 26.3 Å². The molecule has 26 heavy (non-hydrogen) atoms. The first-order chi connectivity index (χ1) is 12.6. The zero-order valence-corrected chi connectivity index (χ0v) is 15.6. The quantitative estimate of drug-likeness (QED) is 0.843. The Hall–Kier alpha value is -2.91. The van der Waals surface area contributed by atoms with Crippen LogP contribution in [0, 0.1) is 5.41 Å². The molecule has 0 saturated heterocycles. The fourth-order valence-corrected chi connectivity index (χ4v) is 3.06. The molecule has 0 fully saturated rings. The van der Waals surface area contributed by atoms with Gasteiger partial charge >= 0.3 is 0 Å². The van der Waals surface area contributed by atoms with E-state index in [9.17, 15) is 0 Å². The van der Waals surface area contributed by atoms with E-state index < -0.39 is 0 Å². The minimum atomic E-state index is 0.528. The van der Waals surface area contributed by atoms with Crippen molar-refractivity contribution in [1.29, 1.82) is 5.41 Å². The van der Waals surface area contributed by atoms with Crippen molar-refractivity contribution in [2.24, 2.45) is 0 Å². The van der Waals surface area contributed by atoms with Crippen LogP contribution >= 0.6 is 0 Å². The zero-order valence-electron chi connectivity index (χ0n) is 15.6. The van der Waals surface area contributed by atoms with Crippen LogP contribution in [0.25, 0.3) is 5.57 Å². The van der Waals surface area contributed by atoms with E-state index in [1.54, 1.807) is 0 Å². The summed E-state index contributed by atoms with van der Waals surface area (Å²) in [7, 11) is 6.06. The van der Waals surface area contributed by atoms with Crippen LogP contribution < -0.4 is 10.2 Å². The summed E-state index contributed by atoms with van der Waals surface area (Å²) >= 11 is 0. The third kappa shape index (κ3) is 4.01. The van der Waals surface area contributed by atoms with Gasteiger partial charge < -0.3 is 15.6 Å². The Morgan fingerprint density at radius 3 is 1.88 bits per heavy atom. The van der Waals surface area contributed by atoms with E-state index in [0.717, 1.165) is 12.1 Å². The lowest BCUT2D eigenvalue weighted by atomic mass is 9.90. The second-order valence-corrected chi connectivity index (χ2v) is 6.62. The third-order valence-electron chi connectivity index (χ3n) is 4.47. The molecule has 0 radical (unpaired) electrons. The second kappa shape index (κ2) is 7.98. The van der Waals surface area contributed by atoms with Gasteiger partial charge in [0.25, 0.3) is 0 Å². The predicted octanol–water partition coefficient (Wildman–Crippen LogP) is 4.42. The minimum absolute atomic E-state index is 0.528. The Labute approximate surface area is 155 Å². The fourth-order valence-electron chi connectivity index (χ4n) is 3.06. The second-order valence-electron chi connectivity index (χ2n) is 6.62. The molecule has 0 aromatic heterocycles. The number of hydrogen-bond acceptors (Lipinski definition) is 3. The van der Waals surface area contributed by atoms with Crippen molar-refractivity contribution in [2.75, 3.05) is 26.0 Å². The molecule has 3 nitrogen and oxygen atoms in total. The number of benzene rings is 2. The van der Waals surface area contributed by atoms with Crippen LogP contribution in [0.4, 0.5) is 5.69 Å². The largest absolute Gasteiger partial charge is 0.378 e. The SMILES string of the molecule is CNCc1ccc(C(=C2C=CC(=N)C=C2)c2ccc(N(C)C)cc2)cc1. The Kier molecular flexibility index (Phi) is 5.49. The number of anilines is 1. The summed E-state index contributed by atoms with van der Waals surface area (Å²) in [6, 6.07) is 17.3. The maximum Gasteiger partial charge on any atom is 0.0540 e. The van der Waals surface area contributed by atoms with E-state index in [4.69, 9.17) is 5.41 Å². The van der Waals surface area contributed by atoms with Crippen molar-refractivity contribution in [1.82, 2.24) is 5.32 Å². The van der Waals surface area contributed by atoms with E-state index in [1.165, 1.54) is 28.0 Å². The molecule has 2 aromatic rings. The lowest BCUT2D eigenvalue weighted by Crippen LogP contribution is -2.08. The van der Waals surface area contributed by atoms with E-state index in [-0.39, 0.29) is 0 Å². The van der Waals surface area contributed by atoms with E-state index in [2.05, 4.69) is 58.7 Å². The molecular weight excluding hydrogens is 318 g/mol. The summed E-state index contributed by atoms with van der Waals surface area (Å²) in [5, 5.41) is 11.0. The average Bonchev–Trinajstić information content (AvgIpc) is 2.65. The Morgan fingerprint density at radius 1 is 0.846 bits per heavy atom. The Morgan fingerprint density at radius 2 is 1.38 bits per heavy atom. The molecule has 0 bridgehead atoms. The molecule has 0 unspecified atom stereocenters. The molecule has 0 amide bonds. The highest BCUT2D eigenvalue weighted by atomic mass is 15.1. The van der Waals surface area contributed by atoms with Crippen molar-refractivity contribution in [2.45, 2.75) is 6.54 Å². The van der Waals surface area contributed by atoms with Crippen molar-refractivity contribution in [3.63, 3.8) is 0 Å². The number of rotatable bonds is 5. The molecule has 2 N–H and O–H groups in total. The Bertz CT molecular complexity index is 849. The normalized spacial score (nSPS) is 13.2. The summed E-state index contributed by atoms with van der Waals surface area (Å²) < 4.78 is 0. The summed E-state index contributed by atoms with van der Waals surface area (Å²) in [6.45, 7) is 0.862. The molecule has 0 atom stereocenters. The molecule has 3 rings (SSSR count). The van der Waals surface area contributed by atoms with Gasteiger partial charge in [-0.05, 0) is 59.2 Å². The van der Waals surface area contributed by atoms with E-state index >= 15 is 0 Å². The van der Waals surface area contributed by atoms with Crippen molar-refractivity contribution in [3.05, 3.63) is 95.1 Å². The van der Waals surface area contributed by atoms with Crippen LogP contribution in [0.3, 0.4) is 0 Å². The smallest absolute Gasteiger partial charge is 0.0540 e. The van der Waals surface area contributed by atoms with Gasteiger partial charge in [-0.2, -0.15) is 0 Å². The molecule has 2 aromatic carbocycles. The highest BCUT2D eigenvalue weighted by Crippen LogP contribution is 2.31. The monoisotopic (exact) mass is 343 g/mol. The third-order valence-corrected chi connectivity index (χ3v) is 4.47. The maximum atomic E-state index is 7.77. The summed E-state index contributed by atoms with van der Waals surface area (Å²) in [5.74, 6) is 0. The van der Waals surface area contributed by atoms with Gasteiger partial charge in [0.2, 0.25) is 0 Å². The summed E-state index contributed by atoms with van der Waals surface area (Å²) in [4.78, 5) is 2.10. The first kappa shape index (κ1) is 17.9. The minimum Gasteiger partial charge on any atom is -0.378 e. The van der Waals surface area contributed by atoms with Crippen LogP contribution in [-0.4, -0.2) is 26.9 Å². The highest BCUT2D eigenvalue weighted by Gasteiger charge is 2.11. The molecule has 0 aliphatic heterocycles. The molecular formula is C23H25N3. The lowest BCUT2D eigenvalue weighted by Gasteiger charge is -2.17. The fraction of sp³-hybridized carbons (Fsp3) is 0.174. The molecule has 0 heterocycles. The molecule has 3 heteroatoms. The molecule has 0 saturated carbocycles. The van der Waals surface area contributed by atoms with E-state index in [1.807, 2.05) is 45.4 Å². The number of nitrogens with one attached hydrogen (secondary N) is 2. The van der Waals surface area contributed by atoms with Gasteiger partial charge in [0.1, 0.15) is 0 Å². The summed E-state index contributed by atoms with van der Waals surface area (Å²) in [6.07, 6.45) is 7.75. The zero-order chi connectivity index (χ0) is 18.5. The highest BCUT2D eigenvalue weighted by molar-refractivity contribution is 6.05. The number of nitrogens with zero attached hydrogens (tertiary/aromatic N) is 1. The topological polar surface area (TPSA) is 39.1 Å². The lowest BCUT2D eigenvalue weighted by molar-refractivity contribution is 0.818. The average molecular weight is 343 g/mol. The number of allylic oxidation sites excluding steroid dienone is 5. The Balaban J connectivity index is 2.08. The van der Waals surface area contributed by atoms with Gasteiger partial charge in [-0.25, -0.2) is 0 Å². The van der Waals surface area contributed by atoms with Crippen LogP contribution in [-0.2, 0) is 6.54 Å². The molecule has 1 aliphatic carbocycles. The van der Waals surface area contributed by atoms with Gasteiger partial charge in [0.15, 0.2) is 0 Å². The predicted molar refractivity (Wildman–Crippen MR) is 112 cm³/mol. The summed E-state index contributed by atoms with van der Waals surface area (Å²) in [5.41, 5.74) is 7.64. The van der Waals surface area contributed by atoms with Crippen LogP contribution in [0.1, 0.15) is 16.7 Å². The molecule has 1 aliphatic rings. The maximum absolute atomic E-state index is 7.77. The van der Waals surface area contributed by atoms with Crippen molar-refractivity contribution in [3.8, 4) is 0 Å². The molecule has 0 spiro atoms. The van der Waals surface area contributed by atoms with Crippen LogP contribution in [0.5, 0.6) is 0 Å².